The molecule has 45 heavy (non-hydrogen) atoms. The summed E-state index contributed by atoms with van der Waals surface area (Å²) in [7, 11) is 0. The SMILES string of the molecule is O=C(O)/C=C\C(=O)O.O=C(O)/C=C\C(=O)O.c1ccc2nc(N3CCN(CCCCc4c[nH]c5ccccc45)CC3)ccc2c1. The van der Waals surface area contributed by atoms with Gasteiger partial charge in [0.15, 0.2) is 0 Å². The van der Waals surface area contributed by atoms with Gasteiger partial charge in [-0.2, -0.15) is 0 Å². The fourth-order valence-electron chi connectivity index (χ4n) is 4.71. The summed E-state index contributed by atoms with van der Waals surface area (Å²) in [6.07, 6.45) is 8.07. The molecular formula is C33H36N4O8. The van der Waals surface area contributed by atoms with Gasteiger partial charge < -0.3 is 30.3 Å². The Morgan fingerprint density at radius 1 is 0.711 bits per heavy atom. The smallest absolute Gasteiger partial charge is 0.328 e. The van der Waals surface area contributed by atoms with Crippen molar-refractivity contribution in [1.82, 2.24) is 14.9 Å². The Labute approximate surface area is 259 Å². The second kappa shape index (κ2) is 17.6. The molecule has 2 aromatic carbocycles. The van der Waals surface area contributed by atoms with E-state index in [1.54, 1.807) is 0 Å². The molecule has 5 N–H and O–H groups in total. The average molecular weight is 617 g/mol. The minimum Gasteiger partial charge on any atom is -0.478 e. The number of hydrogen-bond donors (Lipinski definition) is 5. The highest BCUT2D eigenvalue weighted by Gasteiger charge is 2.18. The Morgan fingerprint density at radius 3 is 1.91 bits per heavy atom. The van der Waals surface area contributed by atoms with Gasteiger partial charge in [-0.1, -0.05) is 36.4 Å². The average Bonchev–Trinajstić information content (AvgIpc) is 3.45. The molecule has 3 heterocycles. The van der Waals surface area contributed by atoms with Crippen molar-refractivity contribution in [3.63, 3.8) is 0 Å². The van der Waals surface area contributed by atoms with E-state index in [-0.39, 0.29) is 0 Å². The van der Waals surface area contributed by atoms with Crippen LogP contribution < -0.4 is 4.90 Å². The number of nitrogens with zero attached hydrogens (tertiary/aromatic N) is 3. The number of nitrogens with one attached hydrogen (secondary N) is 1. The molecule has 1 aliphatic heterocycles. The Morgan fingerprint density at radius 2 is 1.29 bits per heavy atom. The van der Waals surface area contributed by atoms with Crippen LogP contribution in [0.15, 0.2) is 91.2 Å². The number of aromatic nitrogens is 2. The number of H-pyrrole nitrogens is 1. The molecule has 1 aliphatic rings. The third-order valence-electron chi connectivity index (χ3n) is 6.86. The highest BCUT2D eigenvalue weighted by molar-refractivity contribution is 5.90. The third-order valence-corrected chi connectivity index (χ3v) is 6.86. The maximum Gasteiger partial charge on any atom is 0.328 e. The summed E-state index contributed by atoms with van der Waals surface area (Å²) in [5, 5.41) is 33.8. The topological polar surface area (TPSA) is 184 Å². The Balaban J connectivity index is 0.000000287. The van der Waals surface area contributed by atoms with Crippen LogP contribution in [-0.4, -0.2) is 91.9 Å². The summed E-state index contributed by atoms with van der Waals surface area (Å²) in [5.41, 5.74) is 3.79. The number of fused-ring (bicyclic) bond motifs is 2. The second-order valence-corrected chi connectivity index (χ2v) is 10.0. The molecule has 0 saturated carbocycles. The van der Waals surface area contributed by atoms with Gasteiger partial charge >= 0.3 is 23.9 Å². The largest absolute Gasteiger partial charge is 0.478 e. The Hall–Kier alpha value is -5.49. The van der Waals surface area contributed by atoms with Gasteiger partial charge in [-0.15, -0.1) is 0 Å². The molecule has 1 saturated heterocycles. The summed E-state index contributed by atoms with van der Waals surface area (Å²) in [6, 6.07) is 21.3. The highest BCUT2D eigenvalue weighted by atomic mass is 16.4. The van der Waals surface area contributed by atoms with Crippen LogP contribution in [0.3, 0.4) is 0 Å². The van der Waals surface area contributed by atoms with Crippen molar-refractivity contribution < 1.29 is 39.6 Å². The number of piperazine rings is 1. The maximum absolute atomic E-state index is 9.55. The van der Waals surface area contributed by atoms with Crippen molar-refractivity contribution in [3.05, 3.63) is 96.7 Å². The Bertz CT molecular complexity index is 1590. The first kappa shape index (κ1) is 34.0. The van der Waals surface area contributed by atoms with Crippen molar-refractivity contribution in [1.29, 1.82) is 0 Å². The van der Waals surface area contributed by atoms with Gasteiger partial charge in [0.25, 0.3) is 0 Å². The summed E-state index contributed by atoms with van der Waals surface area (Å²) in [5.74, 6) is -3.91. The first-order valence-corrected chi connectivity index (χ1v) is 14.3. The lowest BCUT2D eigenvalue weighted by Gasteiger charge is -2.35. The number of carboxylic acid groups (broad SMARTS) is 4. The number of carboxylic acids is 4. The van der Waals surface area contributed by atoms with E-state index in [1.807, 2.05) is 0 Å². The van der Waals surface area contributed by atoms with Crippen molar-refractivity contribution >= 4 is 51.5 Å². The summed E-state index contributed by atoms with van der Waals surface area (Å²) in [6.45, 7) is 5.58. The number of benzene rings is 2. The van der Waals surface area contributed by atoms with E-state index in [1.165, 1.54) is 41.2 Å². The predicted octanol–water partition coefficient (Wildman–Crippen LogP) is 4.28. The summed E-state index contributed by atoms with van der Waals surface area (Å²) >= 11 is 0. The second-order valence-electron chi connectivity index (χ2n) is 10.0. The van der Waals surface area contributed by atoms with E-state index in [2.05, 4.69) is 81.6 Å². The number of carbonyl (C=O) groups is 4. The predicted molar refractivity (Wildman–Crippen MR) is 170 cm³/mol. The number of hydrogen-bond acceptors (Lipinski definition) is 7. The van der Waals surface area contributed by atoms with Gasteiger partial charge in [0.1, 0.15) is 5.82 Å². The normalized spacial score (nSPS) is 13.3. The number of aliphatic carboxylic acids is 4. The van der Waals surface area contributed by atoms with E-state index in [0.29, 0.717) is 24.3 Å². The van der Waals surface area contributed by atoms with Crippen LogP contribution in [0.5, 0.6) is 0 Å². The number of unbranched alkanes of at least 4 members (excludes halogenated alkanes) is 1. The van der Waals surface area contributed by atoms with Crippen LogP contribution in [0.4, 0.5) is 5.82 Å². The van der Waals surface area contributed by atoms with E-state index in [4.69, 9.17) is 25.4 Å². The maximum atomic E-state index is 9.55. The van der Waals surface area contributed by atoms with Gasteiger partial charge in [-0.25, -0.2) is 24.2 Å². The first-order valence-electron chi connectivity index (χ1n) is 14.3. The van der Waals surface area contributed by atoms with Crippen LogP contribution in [0, 0.1) is 0 Å². The zero-order valence-electron chi connectivity index (χ0n) is 24.6. The first-order chi connectivity index (χ1) is 21.6. The molecule has 4 aromatic rings. The van der Waals surface area contributed by atoms with E-state index >= 15 is 0 Å². The molecule has 0 radical (unpaired) electrons. The van der Waals surface area contributed by atoms with Gasteiger partial charge in [0.05, 0.1) is 5.52 Å². The fourth-order valence-corrected chi connectivity index (χ4v) is 4.71. The lowest BCUT2D eigenvalue weighted by Crippen LogP contribution is -2.46. The summed E-state index contributed by atoms with van der Waals surface area (Å²) in [4.78, 5) is 51.5. The molecule has 2 aromatic heterocycles. The van der Waals surface area contributed by atoms with Crippen LogP contribution in [-0.2, 0) is 25.6 Å². The number of rotatable bonds is 10. The standard InChI is InChI=1S/C25H28N4.2C4H4O4/c1-3-10-23-20(7-1)12-13-25(27-23)29-17-15-28(16-18-29)14-6-5-8-21-19-26-24-11-4-2-9-22(21)24;2*5-3(6)1-2-4(7)8/h1-4,7,9-13,19,26H,5-6,8,14-18H2;2*1-2H,(H,5,6)(H,7,8)/b;2*2-1-. The van der Waals surface area contributed by atoms with Gasteiger partial charge in [-0.3, -0.25) is 4.90 Å². The monoisotopic (exact) mass is 616 g/mol. The lowest BCUT2D eigenvalue weighted by atomic mass is 10.1. The third kappa shape index (κ3) is 12.0. The van der Waals surface area contributed by atoms with Gasteiger partial charge in [-0.05, 0) is 55.6 Å². The molecule has 236 valence electrons. The number of aryl methyl sites for hydroxylation is 1. The molecule has 12 heteroatoms. The molecule has 0 spiro atoms. The van der Waals surface area contributed by atoms with E-state index < -0.39 is 23.9 Å². The molecule has 0 aliphatic carbocycles. The quantitative estimate of drug-likeness (QED) is 0.127. The minimum atomic E-state index is -1.26. The van der Waals surface area contributed by atoms with Gasteiger partial charge in [0, 0.05) is 73.0 Å². The molecule has 0 unspecified atom stereocenters. The molecule has 0 atom stereocenters. The number of aromatic amines is 1. The zero-order chi connectivity index (χ0) is 32.6. The fraction of sp³-hybridized carbons (Fsp3) is 0.242. The van der Waals surface area contributed by atoms with Crippen LogP contribution in [0.1, 0.15) is 18.4 Å². The molecule has 0 bridgehead atoms. The van der Waals surface area contributed by atoms with Crippen molar-refractivity contribution in [2.75, 3.05) is 37.6 Å². The van der Waals surface area contributed by atoms with Crippen molar-refractivity contribution in [2.45, 2.75) is 19.3 Å². The van der Waals surface area contributed by atoms with Crippen molar-refractivity contribution in [2.24, 2.45) is 0 Å². The van der Waals surface area contributed by atoms with E-state index in [9.17, 15) is 19.2 Å². The molecular weight excluding hydrogens is 580 g/mol. The van der Waals surface area contributed by atoms with Crippen LogP contribution in [0.25, 0.3) is 21.8 Å². The lowest BCUT2D eigenvalue weighted by molar-refractivity contribution is -0.134. The molecule has 5 rings (SSSR count). The van der Waals surface area contributed by atoms with Crippen molar-refractivity contribution in [3.8, 4) is 0 Å². The number of anilines is 1. The molecule has 12 nitrogen and oxygen atoms in total. The zero-order valence-corrected chi connectivity index (χ0v) is 24.6. The van der Waals surface area contributed by atoms with Gasteiger partial charge in [0.2, 0.25) is 0 Å². The number of para-hydroxylation sites is 2. The number of pyridine rings is 1. The molecule has 0 amide bonds. The highest BCUT2D eigenvalue weighted by Crippen LogP contribution is 2.21. The minimum absolute atomic E-state index is 0.558. The van der Waals surface area contributed by atoms with E-state index in [0.717, 1.165) is 43.9 Å². The van der Waals surface area contributed by atoms with Crippen LogP contribution in [0.2, 0.25) is 0 Å². The molecule has 1 fully saturated rings. The summed E-state index contributed by atoms with van der Waals surface area (Å²) < 4.78 is 0. The Kier molecular flexibility index (Phi) is 13.3. The van der Waals surface area contributed by atoms with Crippen LogP contribution >= 0.6 is 0 Å².